The van der Waals surface area contributed by atoms with Gasteiger partial charge in [0.2, 0.25) is 11.9 Å². The summed E-state index contributed by atoms with van der Waals surface area (Å²) < 4.78 is 12.9. The summed E-state index contributed by atoms with van der Waals surface area (Å²) in [4.78, 5) is 15.6. The van der Waals surface area contributed by atoms with Crippen LogP contribution in [0.4, 0.5) is 10.1 Å². The van der Waals surface area contributed by atoms with Crippen LogP contribution < -0.4 is 5.32 Å². The van der Waals surface area contributed by atoms with Crippen molar-refractivity contribution in [2.45, 2.75) is 19.3 Å². The first-order valence-corrected chi connectivity index (χ1v) is 8.40. The van der Waals surface area contributed by atoms with Gasteiger partial charge in [0.05, 0.1) is 0 Å². The van der Waals surface area contributed by atoms with E-state index in [-0.39, 0.29) is 11.7 Å². The first-order valence-electron chi connectivity index (χ1n) is 8.40. The molecule has 2 N–H and O–H groups in total. The molecule has 26 heavy (non-hydrogen) atoms. The minimum Gasteiger partial charge on any atom is -0.508 e. The number of phenolic OH excluding ortho intramolecular Hbond substituents is 1. The molecule has 3 aromatic rings. The summed E-state index contributed by atoms with van der Waals surface area (Å²) in [6.07, 6.45) is 3.47. The van der Waals surface area contributed by atoms with E-state index >= 15 is 0 Å². The van der Waals surface area contributed by atoms with Gasteiger partial charge in [-0.25, -0.2) is 4.98 Å². The molecular formula is C21H19FN2O2. The van der Waals surface area contributed by atoms with Gasteiger partial charge in [-0.15, -0.1) is 0 Å². The number of aromatic nitrogens is 1. The maximum absolute atomic E-state index is 12.9. The summed E-state index contributed by atoms with van der Waals surface area (Å²) in [6.45, 7) is 0. The van der Waals surface area contributed by atoms with Crippen molar-refractivity contribution in [1.82, 2.24) is 4.98 Å². The Balaban J connectivity index is 1.48. The maximum atomic E-state index is 12.9. The van der Waals surface area contributed by atoms with Gasteiger partial charge in [0.25, 0.3) is 0 Å². The molecule has 0 aliphatic carbocycles. The highest BCUT2D eigenvalue weighted by atomic mass is 19.1. The number of hydrogen-bond donors (Lipinski definition) is 2. The second kappa shape index (κ2) is 8.25. The second-order valence-corrected chi connectivity index (χ2v) is 6.02. The Bertz CT molecular complexity index is 860. The van der Waals surface area contributed by atoms with Gasteiger partial charge in [0.15, 0.2) is 0 Å². The smallest absolute Gasteiger partial charge is 0.224 e. The Morgan fingerprint density at radius 2 is 1.65 bits per heavy atom. The van der Waals surface area contributed by atoms with Crippen molar-refractivity contribution in [3.05, 3.63) is 78.4 Å². The van der Waals surface area contributed by atoms with Crippen molar-refractivity contribution in [2.75, 3.05) is 5.32 Å². The van der Waals surface area contributed by atoms with Crippen LogP contribution >= 0.6 is 0 Å². The Morgan fingerprint density at radius 1 is 0.962 bits per heavy atom. The molecule has 0 bridgehead atoms. The fourth-order valence-electron chi connectivity index (χ4n) is 2.63. The number of aryl methyl sites for hydroxylation is 1. The third-order valence-electron chi connectivity index (χ3n) is 4.04. The van der Waals surface area contributed by atoms with Gasteiger partial charge in [-0.3, -0.25) is 4.79 Å². The molecule has 0 radical (unpaired) electrons. The minimum absolute atomic E-state index is 0.0512. The molecular weight excluding hydrogens is 331 g/mol. The molecule has 1 aromatic heterocycles. The van der Waals surface area contributed by atoms with Crippen LogP contribution in [0.15, 0.2) is 66.9 Å². The lowest BCUT2D eigenvalue weighted by Gasteiger charge is -2.06. The molecule has 0 atom stereocenters. The number of aromatic hydroxyl groups is 1. The maximum Gasteiger partial charge on any atom is 0.224 e. The predicted molar refractivity (Wildman–Crippen MR) is 99.3 cm³/mol. The third-order valence-corrected chi connectivity index (χ3v) is 4.04. The molecule has 0 spiro atoms. The lowest BCUT2D eigenvalue weighted by atomic mass is 10.0. The summed E-state index contributed by atoms with van der Waals surface area (Å²) in [6, 6.07) is 17.4. The number of hydrogen-bond acceptors (Lipinski definition) is 3. The molecule has 0 unspecified atom stereocenters. The van der Waals surface area contributed by atoms with Crippen LogP contribution in [-0.4, -0.2) is 16.0 Å². The number of carbonyl (C=O) groups excluding carboxylic acids is 1. The lowest BCUT2D eigenvalue weighted by Crippen LogP contribution is -2.11. The van der Waals surface area contributed by atoms with Crippen LogP contribution in [0.2, 0.25) is 0 Å². The molecule has 0 saturated heterocycles. The van der Waals surface area contributed by atoms with E-state index in [2.05, 4.69) is 10.3 Å². The summed E-state index contributed by atoms with van der Waals surface area (Å²) in [7, 11) is 0. The fourth-order valence-corrected chi connectivity index (χ4v) is 2.63. The normalized spacial score (nSPS) is 10.5. The van der Waals surface area contributed by atoms with Gasteiger partial charge in [0, 0.05) is 23.9 Å². The quantitative estimate of drug-likeness (QED) is 0.506. The lowest BCUT2D eigenvalue weighted by molar-refractivity contribution is -0.116. The SMILES string of the molecule is O=C(CCCc1ccc(-c2ccc(F)nc2)cc1)Nc1ccc(O)cc1. The van der Waals surface area contributed by atoms with E-state index in [0.717, 1.165) is 29.5 Å². The molecule has 2 aromatic carbocycles. The molecule has 5 heteroatoms. The van der Waals surface area contributed by atoms with Gasteiger partial charge in [-0.05, 0) is 60.4 Å². The number of halogens is 1. The highest BCUT2D eigenvalue weighted by molar-refractivity contribution is 5.90. The van der Waals surface area contributed by atoms with Crippen LogP contribution in [0.3, 0.4) is 0 Å². The summed E-state index contributed by atoms with van der Waals surface area (Å²) in [5.41, 5.74) is 3.66. The van der Waals surface area contributed by atoms with Crippen LogP contribution in [0, 0.1) is 5.95 Å². The summed E-state index contributed by atoms with van der Waals surface area (Å²) >= 11 is 0. The molecule has 1 heterocycles. The minimum atomic E-state index is -0.490. The second-order valence-electron chi connectivity index (χ2n) is 6.02. The number of nitrogens with one attached hydrogen (secondary N) is 1. The molecule has 1 amide bonds. The van der Waals surface area contributed by atoms with E-state index < -0.39 is 5.95 Å². The summed E-state index contributed by atoms with van der Waals surface area (Å²) in [5.74, 6) is -0.372. The molecule has 0 saturated carbocycles. The molecule has 3 rings (SSSR count). The van der Waals surface area contributed by atoms with Crippen molar-refractivity contribution in [1.29, 1.82) is 0 Å². The number of benzene rings is 2. The Labute approximate surface area is 151 Å². The zero-order valence-electron chi connectivity index (χ0n) is 14.2. The fraction of sp³-hybridized carbons (Fsp3) is 0.143. The highest BCUT2D eigenvalue weighted by Gasteiger charge is 2.04. The average Bonchev–Trinajstić information content (AvgIpc) is 2.65. The number of carbonyl (C=O) groups is 1. The van der Waals surface area contributed by atoms with Gasteiger partial charge in [0.1, 0.15) is 5.75 Å². The van der Waals surface area contributed by atoms with Gasteiger partial charge in [-0.1, -0.05) is 24.3 Å². The van der Waals surface area contributed by atoms with Gasteiger partial charge in [-0.2, -0.15) is 4.39 Å². The van der Waals surface area contributed by atoms with Crippen molar-refractivity contribution in [3.63, 3.8) is 0 Å². The Morgan fingerprint density at radius 3 is 2.31 bits per heavy atom. The molecule has 0 aliphatic rings. The van der Waals surface area contributed by atoms with Crippen molar-refractivity contribution >= 4 is 11.6 Å². The average molecular weight is 350 g/mol. The van der Waals surface area contributed by atoms with Crippen molar-refractivity contribution < 1.29 is 14.3 Å². The number of rotatable bonds is 6. The van der Waals surface area contributed by atoms with Gasteiger partial charge < -0.3 is 10.4 Å². The third kappa shape index (κ3) is 4.89. The number of amides is 1. The van der Waals surface area contributed by atoms with E-state index in [1.54, 1.807) is 18.2 Å². The topological polar surface area (TPSA) is 62.2 Å². The monoisotopic (exact) mass is 350 g/mol. The first kappa shape index (κ1) is 17.6. The van der Waals surface area contributed by atoms with Crippen molar-refractivity contribution in [2.24, 2.45) is 0 Å². The molecule has 0 aliphatic heterocycles. The number of phenols is 1. The van der Waals surface area contributed by atoms with Crippen molar-refractivity contribution in [3.8, 4) is 16.9 Å². The van der Waals surface area contributed by atoms with E-state index in [9.17, 15) is 14.3 Å². The predicted octanol–water partition coefficient (Wildman–Crippen LogP) is 4.55. The van der Waals surface area contributed by atoms with E-state index in [1.807, 2.05) is 24.3 Å². The standard InChI is InChI=1S/C21H19FN2O2/c22-20-13-8-17(14-23-20)16-6-4-15(5-7-16)2-1-3-21(26)24-18-9-11-19(25)12-10-18/h4-14,25H,1-3H2,(H,24,26). The Kier molecular flexibility index (Phi) is 5.59. The first-order chi connectivity index (χ1) is 12.6. The number of anilines is 1. The van der Waals surface area contributed by atoms with Crippen LogP contribution in [0.5, 0.6) is 5.75 Å². The largest absolute Gasteiger partial charge is 0.508 e. The van der Waals surface area contributed by atoms with Crippen LogP contribution in [0.25, 0.3) is 11.1 Å². The highest BCUT2D eigenvalue weighted by Crippen LogP contribution is 2.20. The molecule has 132 valence electrons. The van der Waals surface area contributed by atoms with Gasteiger partial charge >= 0.3 is 0 Å². The van der Waals surface area contributed by atoms with E-state index in [4.69, 9.17) is 0 Å². The van der Waals surface area contributed by atoms with E-state index in [0.29, 0.717) is 12.1 Å². The van der Waals surface area contributed by atoms with Crippen LogP contribution in [-0.2, 0) is 11.2 Å². The Hall–Kier alpha value is -3.21. The number of nitrogens with zero attached hydrogens (tertiary/aromatic N) is 1. The molecule has 4 nitrogen and oxygen atoms in total. The molecule has 0 fully saturated rings. The zero-order chi connectivity index (χ0) is 18.4. The zero-order valence-corrected chi connectivity index (χ0v) is 14.2. The number of pyridine rings is 1. The van der Waals surface area contributed by atoms with Crippen LogP contribution in [0.1, 0.15) is 18.4 Å². The summed E-state index contributed by atoms with van der Waals surface area (Å²) in [5, 5.41) is 12.0. The van der Waals surface area contributed by atoms with E-state index in [1.165, 1.54) is 24.4 Å².